The Bertz CT molecular complexity index is 110. The van der Waals surface area contributed by atoms with Gasteiger partial charge >= 0.3 is 0 Å². The zero-order chi connectivity index (χ0) is 5.56. The van der Waals surface area contributed by atoms with E-state index in [4.69, 9.17) is 0 Å². The summed E-state index contributed by atoms with van der Waals surface area (Å²) < 4.78 is 11.2. The maximum atomic E-state index is 11.2. The van der Waals surface area contributed by atoms with Crippen LogP contribution in [0, 0.1) is 0 Å². The van der Waals surface area contributed by atoms with E-state index >= 15 is 0 Å². The summed E-state index contributed by atoms with van der Waals surface area (Å²) in [6.07, 6.45) is 5.12. The highest BCUT2D eigenvalue weighted by molar-refractivity contribution is 6.48. The molecule has 0 saturated carbocycles. The molecule has 2 rings (SSSR count). The molecule has 0 atom stereocenters. The van der Waals surface area contributed by atoms with E-state index in [9.17, 15) is 4.46 Å². The summed E-state index contributed by atoms with van der Waals surface area (Å²) in [4.78, 5) is 0. The quantitative estimate of drug-likeness (QED) is 0.452. The van der Waals surface area contributed by atoms with E-state index in [0.717, 1.165) is 0 Å². The van der Waals surface area contributed by atoms with Crippen LogP contribution in [0.25, 0.3) is 0 Å². The third-order valence-electron chi connectivity index (χ3n) is 2.53. The summed E-state index contributed by atoms with van der Waals surface area (Å²) in [6, 6.07) is 0. The molecule has 8 heavy (non-hydrogen) atoms. The lowest BCUT2D eigenvalue weighted by atomic mass is 10.0. The Kier molecular flexibility index (Phi) is 0.910. The molecule has 2 heteroatoms. The molecular weight excluding hydrogens is 116 g/mol. The van der Waals surface area contributed by atoms with Crippen LogP contribution >= 0.6 is 0 Å². The smallest absolute Gasteiger partial charge is 0.283 e. The molecule has 2 aliphatic heterocycles. The molecule has 44 valence electrons. The molecule has 2 heterocycles. The highest BCUT2D eigenvalue weighted by atomic mass is 28.3. The normalized spacial score (nSPS) is 43.8. The first-order valence-corrected chi connectivity index (χ1v) is 4.98. The van der Waals surface area contributed by atoms with Gasteiger partial charge < -0.3 is 4.46 Å². The number of fused-ring (bicyclic) bond motifs is 2. The minimum Gasteiger partial charge on any atom is -0.388 e. The van der Waals surface area contributed by atoms with Crippen molar-refractivity contribution in [3.63, 3.8) is 0 Å². The van der Waals surface area contributed by atoms with Crippen LogP contribution in [0.4, 0.5) is 0 Å². The van der Waals surface area contributed by atoms with E-state index in [1.54, 1.807) is 0 Å². The van der Waals surface area contributed by atoms with E-state index in [2.05, 4.69) is 0 Å². The van der Waals surface area contributed by atoms with Crippen LogP contribution in [-0.2, 0) is 4.46 Å². The molecule has 1 nitrogen and oxygen atoms in total. The average molecular weight is 126 g/mol. The van der Waals surface area contributed by atoms with Gasteiger partial charge in [-0.1, -0.05) is 0 Å². The molecule has 0 amide bonds. The Balaban J connectivity index is 2.28. The molecule has 0 aromatic rings. The van der Waals surface area contributed by atoms with Crippen molar-refractivity contribution in [3.8, 4) is 0 Å². The summed E-state index contributed by atoms with van der Waals surface area (Å²) in [5.41, 5.74) is 1.37. The molecular formula is C6H10OSi. The van der Waals surface area contributed by atoms with E-state index < -0.39 is 8.68 Å². The number of hydrogen-bond donors (Lipinski definition) is 0. The first-order chi connectivity index (χ1) is 3.88. The molecule has 0 aromatic carbocycles. The first-order valence-electron chi connectivity index (χ1n) is 3.41. The third kappa shape index (κ3) is 0.467. The maximum absolute atomic E-state index is 11.2. The number of rotatable bonds is 0. The van der Waals surface area contributed by atoms with Gasteiger partial charge in [-0.15, -0.1) is 0 Å². The molecule has 2 bridgehead atoms. The van der Waals surface area contributed by atoms with Crippen molar-refractivity contribution >= 4 is 8.68 Å². The summed E-state index contributed by atoms with van der Waals surface area (Å²) in [5.74, 6) is 0. The fourth-order valence-electron chi connectivity index (χ4n) is 2.00. The van der Waals surface area contributed by atoms with E-state index in [1.165, 1.54) is 25.7 Å². The van der Waals surface area contributed by atoms with Gasteiger partial charge in [0.15, 0.2) is 0 Å². The van der Waals surface area contributed by atoms with Crippen molar-refractivity contribution in [1.29, 1.82) is 0 Å². The zero-order valence-corrected chi connectivity index (χ0v) is 5.89. The highest BCUT2D eigenvalue weighted by Gasteiger charge is 2.41. The number of hydrogen-bond acceptors (Lipinski definition) is 1. The van der Waals surface area contributed by atoms with Gasteiger partial charge in [0.2, 0.25) is 0 Å². The summed E-state index contributed by atoms with van der Waals surface area (Å²) in [6.45, 7) is 0. The van der Waals surface area contributed by atoms with Crippen LogP contribution in [0.5, 0.6) is 0 Å². The molecule has 2 saturated heterocycles. The standard InChI is InChI=1S/C6H10OSi/c7-8-5-1-2-6(8)4-3-5/h5-6H,1-4H2. The lowest BCUT2D eigenvalue weighted by molar-refractivity contribution is 0.556. The van der Waals surface area contributed by atoms with Crippen LogP contribution in [0.3, 0.4) is 0 Å². The van der Waals surface area contributed by atoms with Crippen LogP contribution in [0.15, 0.2) is 0 Å². The van der Waals surface area contributed by atoms with Gasteiger partial charge in [0.05, 0.1) is 0 Å². The Morgan fingerprint density at radius 1 is 1.00 bits per heavy atom. The molecule has 0 radical (unpaired) electrons. The SMILES string of the molecule is O=[Si]1C2CCC1CC2. The van der Waals surface area contributed by atoms with Gasteiger partial charge in [-0.2, -0.15) is 0 Å². The summed E-state index contributed by atoms with van der Waals surface area (Å²) in [7, 11) is -1.05. The Morgan fingerprint density at radius 3 is 1.50 bits per heavy atom. The molecule has 0 N–H and O–H groups in total. The van der Waals surface area contributed by atoms with Crippen molar-refractivity contribution in [2.24, 2.45) is 0 Å². The fourth-order valence-corrected chi connectivity index (χ4v) is 4.47. The molecule has 0 aromatic heterocycles. The van der Waals surface area contributed by atoms with Crippen LogP contribution in [0.2, 0.25) is 11.1 Å². The van der Waals surface area contributed by atoms with Gasteiger partial charge in [-0.3, -0.25) is 0 Å². The lowest BCUT2D eigenvalue weighted by Crippen LogP contribution is -1.96. The van der Waals surface area contributed by atoms with E-state index in [-0.39, 0.29) is 0 Å². The molecule has 0 aliphatic carbocycles. The van der Waals surface area contributed by atoms with Crippen LogP contribution < -0.4 is 0 Å². The van der Waals surface area contributed by atoms with Gasteiger partial charge in [0.1, 0.15) is 0 Å². The highest BCUT2D eigenvalue weighted by Crippen LogP contribution is 2.48. The summed E-state index contributed by atoms with van der Waals surface area (Å²) in [5, 5.41) is 0. The first kappa shape index (κ1) is 4.85. The molecule has 2 aliphatic rings. The van der Waals surface area contributed by atoms with Crippen molar-refractivity contribution < 1.29 is 4.46 Å². The largest absolute Gasteiger partial charge is 0.388 e. The van der Waals surface area contributed by atoms with E-state index in [1.807, 2.05) is 0 Å². The second-order valence-electron chi connectivity index (χ2n) is 2.95. The minimum atomic E-state index is -1.05. The van der Waals surface area contributed by atoms with Gasteiger partial charge in [-0.25, -0.2) is 0 Å². The van der Waals surface area contributed by atoms with Gasteiger partial charge in [0.25, 0.3) is 8.68 Å². The predicted octanol–water partition coefficient (Wildman–Crippen LogP) is 1.74. The third-order valence-corrected chi connectivity index (χ3v) is 5.30. The van der Waals surface area contributed by atoms with Crippen LogP contribution in [-0.4, -0.2) is 8.68 Å². The van der Waals surface area contributed by atoms with E-state index in [0.29, 0.717) is 11.1 Å². The molecule has 0 spiro atoms. The van der Waals surface area contributed by atoms with Crippen molar-refractivity contribution in [1.82, 2.24) is 0 Å². The van der Waals surface area contributed by atoms with Gasteiger partial charge in [0, 0.05) is 11.1 Å². The predicted molar refractivity (Wildman–Crippen MR) is 32.4 cm³/mol. The minimum absolute atomic E-state index is 0.685. The second-order valence-corrected chi connectivity index (χ2v) is 5.39. The topological polar surface area (TPSA) is 17.1 Å². The fraction of sp³-hybridized carbons (Fsp3) is 1.00. The van der Waals surface area contributed by atoms with Crippen LogP contribution in [0.1, 0.15) is 25.7 Å². The lowest BCUT2D eigenvalue weighted by Gasteiger charge is -2.03. The zero-order valence-electron chi connectivity index (χ0n) is 4.89. The van der Waals surface area contributed by atoms with Crippen molar-refractivity contribution in [2.45, 2.75) is 36.8 Å². The van der Waals surface area contributed by atoms with Crippen molar-refractivity contribution in [3.05, 3.63) is 0 Å². The Morgan fingerprint density at radius 2 is 1.38 bits per heavy atom. The Labute approximate surface area is 50.8 Å². The monoisotopic (exact) mass is 126 g/mol. The molecule has 2 fully saturated rings. The Hall–Kier alpha value is 0.0169. The molecule has 0 unspecified atom stereocenters. The average Bonchev–Trinajstić information content (AvgIpc) is 2.29. The summed E-state index contributed by atoms with van der Waals surface area (Å²) >= 11 is 0. The van der Waals surface area contributed by atoms with Gasteiger partial charge in [-0.05, 0) is 25.7 Å². The second kappa shape index (κ2) is 1.50. The van der Waals surface area contributed by atoms with Crippen molar-refractivity contribution in [2.75, 3.05) is 0 Å². The maximum Gasteiger partial charge on any atom is 0.283 e.